The van der Waals surface area contributed by atoms with Crippen molar-refractivity contribution in [2.24, 2.45) is 12.9 Å². The minimum absolute atomic E-state index is 0.149. The van der Waals surface area contributed by atoms with Crippen LogP contribution in [-0.4, -0.2) is 9.78 Å². The molecule has 0 bridgehead atoms. The van der Waals surface area contributed by atoms with Crippen molar-refractivity contribution < 1.29 is 4.42 Å². The van der Waals surface area contributed by atoms with Crippen LogP contribution in [0.2, 0.25) is 0 Å². The number of aromatic nitrogens is 2. The van der Waals surface area contributed by atoms with Crippen LogP contribution in [0.5, 0.6) is 0 Å². The number of hydrogen-bond acceptors (Lipinski definition) is 4. The number of nitrogens with zero attached hydrogens (tertiary/aromatic N) is 2. The Hall–Kier alpha value is -1.59. The molecule has 2 rings (SSSR count). The van der Waals surface area contributed by atoms with Gasteiger partial charge in [0, 0.05) is 18.3 Å². The van der Waals surface area contributed by atoms with Crippen molar-refractivity contribution in [2.45, 2.75) is 19.9 Å². The second kappa shape index (κ2) is 4.11. The molecule has 0 radical (unpaired) electrons. The second-order valence-corrected chi connectivity index (χ2v) is 3.82. The maximum Gasteiger partial charge on any atom is 0.126 e. The number of aryl methyl sites for hydroxylation is 2. The number of rotatable bonds is 3. The third-order valence-corrected chi connectivity index (χ3v) is 2.85. The minimum atomic E-state index is -0.149. The van der Waals surface area contributed by atoms with Gasteiger partial charge in [0.05, 0.1) is 12.0 Å². The summed E-state index contributed by atoms with van der Waals surface area (Å²) >= 11 is 0. The predicted octanol–water partition coefficient (Wildman–Crippen LogP) is 1.18. The molecule has 1 atom stereocenters. The molecular weight excluding hydrogens is 204 g/mol. The summed E-state index contributed by atoms with van der Waals surface area (Å²) in [6.45, 7) is 3.98. The smallest absolute Gasteiger partial charge is 0.126 e. The van der Waals surface area contributed by atoms with Crippen LogP contribution in [0.15, 0.2) is 22.8 Å². The third-order valence-electron chi connectivity index (χ3n) is 2.85. The first-order chi connectivity index (χ1) is 7.65. The molecule has 0 fully saturated rings. The van der Waals surface area contributed by atoms with Gasteiger partial charge in [-0.1, -0.05) is 0 Å². The highest BCUT2D eigenvalue weighted by molar-refractivity contribution is 5.33. The van der Waals surface area contributed by atoms with Gasteiger partial charge < -0.3 is 4.42 Å². The first-order valence-corrected chi connectivity index (χ1v) is 5.14. The van der Waals surface area contributed by atoms with Crippen LogP contribution in [0.3, 0.4) is 0 Å². The Morgan fingerprint density at radius 3 is 2.69 bits per heavy atom. The topological polar surface area (TPSA) is 69.0 Å². The molecule has 0 spiro atoms. The van der Waals surface area contributed by atoms with Crippen LogP contribution < -0.4 is 11.3 Å². The Morgan fingerprint density at radius 1 is 1.50 bits per heavy atom. The summed E-state index contributed by atoms with van der Waals surface area (Å²) in [5, 5.41) is 4.37. The van der Waals surface area contributed by atoms with E-state index in [1.54, 1.807) is 6.26 Å². The van der Waals surface area contributed by atoms with Crippen LogP contribution in [-0.2, 0) is 7.05 Å². The molecule has 0 aliphatic rings. The summed E-state index contributed by atoms with van der Waals surface area (Å²) in [6, 6.07) is 3.60. The zero-order valence-electron chi connectivity index (χ0n) is 9.69. The van der Waals surface area contributed by atoms with Crippen molar-refractivity contribution in [1.29, 1.82) is 0 Å². The van der Waals surface area contributed by atoms with Crippen molar-refractivity contribution in [3.05, 3.63) is 41.1 Å². The molecule has 0 aliphatic heterocycles. The molecule has 3 N–H and O–H groups in total. The standard InChI is InChI=1S/C11H16N4O/c1-7-10(8(2)15(3)14-7)11(13-12)9-5-4-6-16-9/h4-6,11,13H,12H2,1-3H3. The number of hydrazine groups is 1. The fourth-order valence-corrected chi connectivity index (χ4v) is 1.97. The van der Waals surface area contributed by atoms with Crippen LogP contribution in [0, 0.1) is 13.8 Å². The average molecular weight is 220 g/mol. The zero-order chi connectivity index (χ0) is 11.7. The molecule has 1 unspecified atom stereocenters. The maximum atomic E-state index is 5.60. The fraction of sp³-hybridized carbons (Fsp3) is 0.364. The quantitative estimate of drug-likeness (QED) is 0.602. The highest BCUT2D eigenvalue weighted by Crippen LogP contribution is 2.26. The number of furan rings is 1. The molecule has 5 heteroatoms. The lowest BCUT2D eigenvalue weighted by Crippen LogP contribution is -2.29. The monoisotopic (exact) mass is 220 g/mol. The van der Waals surface area contributed by atoms with Crippen molar-refractivity contribution in [3.8, 4) is 0 Å². The van der Waals surface area contributed by atoms with E-state index in [1.165, 1.54) is 0 Å². The summed E-state index contributed by atoms with van der Waals surface area (Å²) in [5.74, 6) is 6.39. The van der Waals surface area contributed by atoms with E-state index in [4.69, 9.17) is 10.3 Å². The van der Waals surface area contributed by atoms with Gasteiger partial charge in [0.25, 0.3) is 0 Å². The minimum Gasteiger partial charge on any atom is -0.467 e. The van der Waals surface area contributed by atoms with E-state index in [9.17, 15) is 0 Å². The SMILES string of the molecule is Cc1nn(C)c(C)c1C(NN)c1ccco1. The maximum absolute atomic E-state index is 5.60. The van der Waals surface area contributed by atoms with Crippen molar-refractivity contribution >= 4 is 0 Å². The van der Waals surface area contributed by atoms with Crippen molar-refractivity contribution in [1.82, 2.24) is 15.2 Å². The molecule has 2 aromatic heterocycles. The molecule has 0 aliphatic carbocycles. The van der Waals surface area contributed by atoms with Gasteiger partial charge in [0.15, 0.2) is 0 Å². The number of nitrogens with one attached hydrogen (secondary N) is 1. The van der Waals surface area contributed by atoms with Gasteiger partial charge in [-0.3, -0.25) is 10.5 Å². The molecule has 2 aromatic rings. The molecule has 0 aromatic carbocycles. The van der Waals surface area contributed by atoms with Gasteiger partial charge in [-0.15, -0.1) is 0 Å². The lowest BCUT2D eigenvalue weighted by Gasteiger charge is -2.14. The Bertz CT molecular complexity index is 472. The molecule has 0 amide bonds. The van der Waals surface area contributed by atoms with Gasteiger partial charge in [0.1, 0.15) is 11.8 Å². The van der Waals surface area contributed by atoms with Crippen LogP contribution in [0.4, 0.5) is 0 Å². The van der Waals surface area contributed by atoms with Gasteiger partial charge in [0.2, 0.25) is 0 Å². The Balaban J connectivity index is 2.49. The van der Waals surface area contributed by atoms with Crippen LogP contribution in [0.25, 0.3) is 0 Å². The number of hydrogen-bond donors (Lipinski definition) is 2. The molecule has 5 nitrogen and oxygen atoms in total. The van der Waals surface area contributed by atoms with E-state index in [0.29, 0.717) is 0 Å². The average Bonchev–Trinajstić information content (AvgIpc) is 2.84. The molecular formula is C11H16N4O. The van der Waals surface area contributed by atoms with Crippen LogP contribution >= 0.6 is 0 Å². The summed E-state index contributed by atoms with van der Waals surface area (Å²) in [7, 11) is 1.92. The van der Waals surface area contributed by atoms with E-state index in [0.717, 1.165) is 22.7 Å². The summed E-state index contributed by atoms with van der Waals surface area (Å²) in [4.78, 5) is 0. The summed E-state index contributed by atoms with van der Waals surface area (Å²) < 4.78 is 7.23. The number of nitrogens with two attached hydrogens (primary N) is 1. The molecule has 16 heavy (non-hydrogen) atoms. The first kappa shape index (κ1) is 10.9. The van der Waals surface area contributed by atoms with Crippen LogP contribution in [0.1, 0.15) is 28.8 Å². The molecule has 0 saturated carbocycles. The van der Waals surface area contributed by atoms with E-state index in [2.05, 4.69) is 10.5 Å². The Kier molecular flexibility index (Phi) is 2.80. The Morgan fingerprint density at radius 2 is 2.25 bits per heavy atom. The van der Waals surface area contributed by atoms with E-state index in [1.807, 2.05) is 37.7 Å². The normalized spacial score (nSPS) is 13.0. The van der Waals surface area contributed by atoms with Gasteiger partial charge in [-0.2, -0.15) is 5.10 Å². The van der Waals surface area contributed by atoms with Gasteiger partial charge in [-0.05, 0) is 26.0 Å². The lowest BCUT2D eigenvalue weighted by molar-refractivity contribution is 0.450. The van der Waals surface area contributed by atoms with E-state index >= 15 is 0 Å². The summed E-state index contributed by atoms with van der Waals surface area (Å²) in [5.41, 5.74) is 5.88. The Labute approximate surface area is 94.2 Å². The highest BCUT2D eigenvalue weighted by Gasteiger charge is 2.22. The second-order valence-electron chi connectivity index (χ2n) is 3.82. The lowest BCUT2D eigenvalue weighted by atomic mass is 10.0. The first-order valence-electron chi connectivity index (χ1n) is 5.14. The largest absolute Gasteiger partial charge is 0.467 e. The predicted molar refractivity (Wildman–Crippen MR) is 60.6 cm³/mol. The van der Waals surface area contributed by atoms with Crippen molar-refractivity contribution in [3.63, 3.8) is 0 Å². The molecule has 2 heterocycles. The van der Waals surface area contributed by atoms with Crippen molar-refractivity contribution in [2.75, 3.05) is 0 Å². The molecule has 0 saturated heterocycles. The van der Waals surface area contributed by atoms with Gasteiger partial charge >= 0.3 is 0 Å². The highest BCUT2D eigenvalue weighted by atomic mass is 16.3. The summed E-state index contributed by atoms with van der Waals surface area (Å²) in [6.07, 6.45) is 1.64. The van der Waals surface area contributed by atoms with Gasteiger partial charge in [-0.25, -0.2) is 5.43 Å². The molecule has 86 valence electrons. The van der Waals surface area contributed by atoms with E-state index in [-0.39, 0.29) is 6.04 Å². The third kappa shape index (κ3) is 1.64. The fourth-order valence-electron chi connectivity index (χ4n) is 1.97. The van der Waals surface area contributed by atoms with E-state index < -0.39 is 0 Å². The zero-order valence-corrected chi connectivity index (χ0v) is 9.69.